The van der Waals surface area contributed by atoms with Gasteiger partial charge < -0.3 is 10.5 Å². The van der Waals surface area contributed by atoms with E-state index in [0.29, 0.717) is 6.61 Å². The summed E-state index contributed by atoms with van der Waals surface area (Å²) in [4.78, 5) is 0. The molecule has 0 aliphatic rings. The predicted molar refractivity (Wildman–Crippen MR) is 83.5 cm³/mol. The fourth-order valence-corrected chi connectivity index (χ4v) is 1.72. The third kappa shape index (κ3) is 6.48. The molecule has 0 unspecified atom stereocenters. The Morgan fingerprint density at radius 2 is 2.00 bits per heavy atom. The van der Waals surface area contributed by atoms with Crippen molar-refractivity contribution < 1.29 is 13.5 Å². The average molecular weight is 315 g/mol. The fraction of sp³-hybridized carbons (Fsp3) is 0.429. The number of nitrogens with zero attached hydrogens (tertiary/aromatic N) is 1. The number of unbranched alkanes of at least 4 members (excludes halogenated alkanes) is 3. The summed E-state index contributed by atoms with van der Waals surface area (Å²) in [5.41, 5.74) is 7.71. The minimum absolute atomic E-state index is 0.0285. The van der Waals surface area contributed by atoms with Crippen molar-refractivity contribution in [2.45, 2.75) is 32.6 Å². The number of hydrogen-bond donors (Lipinski definition) is 2. The number of benzene rings is 1. The van der Waals surface area contributed by atoms with E-state index < -0.39 is 11.6 Å². The molecule has 4 nitrogen and oxygen atoms in total. The highest BCUT2D eigenvalue weighted by molar-refractivity contribution is 7.80. The number of ether oxygens (including phenoxy) is 1. The second-order valence-electron chi connectivity index (χ2n) is 4.46. The summed E-state index contributed by atoms with van der Waals surface area (Å²) in [5, 5.41) is 3.61. The van der Waals surface area contributed by atoms with Gasteiger partial charge in [0, 0.05) is 5.56 Å². The molecular formula is C14H19F2N3OS. The maximum Gasteiger partial charge on any atom is 0.190 e. The lowest BCUT2D eigenvalue weighted by molar-refractivity contribution is 0.275. The third-order valence-corrected chi connectivity index (χ3v) is 2.74. The molecule has 21 heavy (non-hydrogen) atoms. The topological polar surface area (TPSA) is 59.6 Å². The van der Waals surface area contributed by atoms with Crippen LogP contribution in [0, 0.1) is 11.6 Å². The first-order chi connectivity index (χ1) is 10.0. The first kappa shape index (κ1) is 17.3. The number of rotatable bonds is 8. The second-order valence-corrected chi connectivity index (χ2v) is 4.90. The number of nitrogens with two attached hydrogens (primary N) is 1. The van der Waals surface area contributed by atoms with E-state index in [0.717, 1.165) is 37.8 Å². The molecule has 1 aromatic rings. The molecule has 0 bridgehead atoms. The van der Waals surface area contributed by atoms with E-state index in [1.165, 1.54) is 6.21 Å². The Morgan fingerprint density at radius 3 is 2.57 bits per heavy atom. The maximum atomic E-state index is 13.8. The minimum atomic E-state index is -0.762. The molecule has 0 amide bonds. The largest absolute Gasteiger partial charge is 0.488 e. The molecule has 0 radical (unpaired) electrons. The summed E-state index contributed by atoms with van der Waals surface area (Å²) in [6.45, 7) is 2.39. The molecule has 0 aliphatic heterocycles. The zero-order valence-electron chi connectivity index (χ0n) is 11.9. The Labute approximate surface area is 128 Å². The van der Waals surface area contributed by atoms with Crippen LogP contribution >= 0.6 is 12.2 Å². The van der Waals surface area contributed by atoms with Crippen LogP contribution in [0.25, 0.3) is 0 Å². The predicted octanol–water partition coefficient (Wildman–Crippen LogP) is 3.09. The van der Waals surface area contributed by atoms with Crippen LogP contribution in [-0.2, 0) is 0 Å². The van der Waals surface area contributed by atoms with Crippen LogP contribution in [0.15, 0.2) is 17.2 Å². The minimum Gasteiger partial charge on any atom is -0.488 e. The lowest BCUT2D eigenvalue weighted by atomic mass is 10.2. The van der Waals surface area contributed by atoms with Gasteiger partial charge in [0.15, 0.2) is 22.5 Å². The summed E-state index contributed by atoms with van der Waals surface area (Å²) in [6, 6.07) is 2.27. The van der Waals surface area contributed by atoms with Crippen LogP contribution in [-0.4, -0.2) is 17.9 Å². The van der Waals surface area contributed by atoms with Crippen LogP contribution in [0.4, 0.5) is 8.78 Å². The number of thiocarbonyl (C=S) groups is 1. The molecule has 116 valence electrons. The van der Waals surface area contributed by atoms with E-state index >= 15 is 0 Å². The highest BCUT2D eigenvalue weighted by Crippen LogP contribution is 2.23. The molecule has 0 saturated carbocycles. The molecule has 0 heterocycles. The van der Waals surface area contributed by atoms with Crippen LogP contribution in [0.5, 0.6) is 5.75 Å². The number of hydrogen-bond acceptors (Lipinski definition) is 3. The Hall–Kier alpha value is -1.76. The molecule has 1 rings (SSSR count). The van der Waals surface area contributed by atoms with Crippen LogP contribution in [0.2, 0.25) is 0 Å². The van der Waals surface area contributed by atoms with Gasteiger partial charge in [-0.1, -0.05) is 26.2 Å². The quantitative estimate of drug-likeness (QED) is 0.335. The first-order valence-electron chi connectivity index (χ1n) is 6.75. The Kier molecular flexibility index (Phi) is 7.60. The molecule has 0 atom stereocenters. The van der Waals surface area contributed by atoms with Crippen LogP contribution in [0.1, 0.15) is 38.2 Å². The lowest BCUT2D eigenvalue weighted by Crippen LogP contribution is -2.24. The Bertz CT molecular complexity index is 486. The molecular weight excluding hydrogens is 296 g/mol. The fourth-order valence-electron chi connectivity index (χ4n) is 1.67. The van der Waals surface area contributed by atoms with Crippen molar-refractivity contribution in [1.82, 2.24) is 5.43 Å². The molecule has 0 saturated heterocycles. The van der Waals surface area contributed by atoms with Crippen molar-refractivity contribution in [3.8, 4) is 5.75 Å². The number of nitrogens with one attached hydrogen (secondary N) is 1. The summed E-state index contributed by atoms with van der Waals surface area (Å²) >= 11 is 4.55. The van der Waals surface area contributed by atoms with Gasteiger partial charge in [-0.25, -0.2) is 8.78 Å². The van der Waals surface area contributed by atoms with Crippen molar-refractivity contribution in [3.63, 3.8) is 0 Å². The zero-order chi connectivity index (χ0) is 15.7. The van der Waals surface area contributed by atoms with Crippen molar-refractivity contribution >= 4 is 23.5 Å². The van der Waals surface area contributed by atoms with Gasteiger partial charge in [-0.3, -0.25) is 5.43 Å². The summed E-state index contributed by atoms with van der Waals surface area (Å²) in [6.07, 6.45) is 5.15. The van der Waals surface area contributed by atoms with E-state index in [9.17, 15) is 8.78 Å². The molecule has 0 aromatic heterocycles. The molecule has 7 heteroatoms. The van der Waals surface area contributed by atoms with Crippen LogP contribution < -0.4 is 15.9 Å². The number of halogens is 2. The Balaban J connectivity index is 2.62. The average Bonchev–Trinajstić information content (AvgIpc) is 2.40. The number of hydrazone groups is 1. The lowest BCUT2D eigenvalue weighted by Gasteiger charge is -2.09. The van der Waals surface area contributed by atoms with E-state index in [1.54, 1.807) is 0 Å². The van der Waals surface area contributed by atoms with Crippen LogP contribution in [0.3, 0.4) is 0 Å². The van der Waals surface area contributed by atoms with Crippen molar-refractivity contribution in [2.24, 2.45) is 10.8 Å². The van der Waals surface area contributed by atoms with Crippen molar-refractivity contribution in [2.75, 3.05) is 6.61 Å². The van der Waals surface area contributed by atoms with E-state index in [2.05, 4.69) is 29.7 Å². The van der Waals surface area contributed by atoms with Gasteiger partial charge in [-0.05, 0) is 30.8 Å². The standard InChI is InChI=1S/C14H19F2N3OS/c1-2-3-4-5-6-20-13-11(15)7-10(8-12(13)16)9-18-19-14(17)21/h7-9H,2-6H2,1H3,(H3,17,19,21). The molecule has 0 aliphatic carbocycles. The van der Waals surface area contributed by atoms with E-state index in [1.807, 2.05) is 0 Å². The monoisotopic (exact) mass is 315 g/mol. The molecule has 0 fully saturated rings. The van der Waals surface area contributed by atoms with Crippen molar-refractivity contribution in [3.05, 3.63) is 29.3 Å². The van der Waals surface area contributed by atoms with Gasteiger partial charge in [0.2, 0.25) is 0 Å². The normalized spacial score (nSPS) is 10.8. The van der Waals surface area contributed by atoms with Gasteiger partial charge >= 0.3 is 0 Å². The molecule has 3 N–H and O–H groups in total. The summed E-state index contributed by atoms with van der Waals surface area (Å²) < 4.78 is 32.7. The summed E-state index contributed by atoms with van der Waals surface area (Å²) in [5.74, 6) is -1.88. The van der Waals surface area contributed by atoms with E-state index in [-0.39, 0.29) is 16.4 Å². The highest BCUT2D eigenvalue weighted by atomic mass is 32.1. The van der Waals surface area contributed by atoms with Gasteiger partial charge in [0.1, 0.15) is 0 Å². The third-order valence-electron chi connectivity index (χ3n) is 2.65. The van der Waals surface area contributed by atoms with Gasteiger partial charge in [-0.15, -0.1) is 0 Å². The van der Waals surface area contributed by atoms with Gasteiger partial charge in [0.25, 0.3) is 0 Å². The van der Waals surface area contributed by atoms with Gasteiger partial charge in [0.05, 0.1) is 12.8 Å². The SMILES string of the molecule is CCCCCCOc1c(F)cc(C=NNC(N)=S)cc1F. The zero-order valence-corrected chi connectivity index (χ0v) is 12.7. The first-order valence-corrected chi connectivity index (χ1v) is 7.15. The maximum absolute atomic E-state index is 13.8. The molecule has 0 spiro atoms. The Morgan fingerprint density at radius 1 is 1.33 bits per heavy atom. The van der Waals surface area contributed by atoms with Gasteiger partial charge in [-0.2, -0.15) is 5.10 Å². The van der Waals surface area contributed by atoms with Crippen molar-refractivity contribution in [1.29, 1.82) is 0 Å². The van der Waals surface area contributed by atoms with E-state index in [4.69, 9.17) is 10.5 Å². The second kappa shape index (κ2) is 9.23. The smallest absolute Gasteiger partial charge is 0.190 e. The highest BCUT2D eigenvalue weighted by Gasteiger charge is 2.12. The summed E-state index contributed by atoms with van der Waals surface area (Å²) in [7, 11) is 0. The molecule has 1 aromatic carbocycles.